The molecular weight excluding hydrogens is 443 g/mol. The molecule has 2 saturated heterocycles. The summed E-state index contributed by atoms with van der Waals surface area (Å²) in [5.41, 5.74) is 3.22. The number of benzene rings is 1. The van der Waals surface area contributed by atoms with Crippen molar-refractivity contribution in [3.05, 3.63) is 72.2 Å². The molecule has 0 N–H and O–H groups in total. The van der Waals surface area contributed by atoms with E-state index in [1.165, 1.54) is 22.8 Å². The van der Waals surface area contributed by atoms with Gasteiger partial charge in [-0.3, -0.25) is 9.78 Å². The van der Waals surface area contributed by atoms with Crippen LogP contribution in [0.2, 0.25) is 0 Å². The molecule has 4 heterocycles. The lowest BCUT2D eigenvalue weighted by atomic mass is 9.81. The topological polar surface area (TPSA) is 93.1 Å². The molecule has 0 unspecified atom stereocenters. The number of carbonyl (C=O) groups is 1. The summed E-state index contributed by atoms with van der Waals surface area (Å²) < 4.78 is 41.1. The fraction of sp³-hybridized carbons (Fsp3) is 0.333. The molecule has 1 aromatic carbocycles. The van der Waals surface area contributed by atoms with E-state index in [-0.39, 0.29) is 29.1 Å². The van der Waals surface area contributed by atoms with Gasteiger partial charge in [0.25, 0.3) is 0 Å². The van der Waals surface area contributed by atoms with Crippen molar-refractivity contribution in [2.45, 2.75) is 49.6 Å². The normalized spacial score (nSPS) is 22.2. The van der Waals surface area contributed by atoms with Gasteiger partial charge in [-0.2, -0.15) is 4.31 Å². The van der Waals surface area contributed by atoms with Crippen molar-refractivity contribution in [2.24, 2.45) is 5.92 Å². The van der Waals surface area contributed by atoms with Crippen molar-refractivity contribution < 1.29 is 17.6 Å². The van der Waals surface area contributed by atoms with Crippen LogP contribution in [0.25, 0.3) is 11.3 Å². The maximum atomic E-state index is 13.3. The number of pyridine rings is 1. The monoisotopic (exact) mass is 466 g/mol. The number of aromatic nitrogens is 3. The minimum absolute atomic E-state index is 0.0152. The number of hydrogen-bond acceptors (Lipinski definition) is 6. The molecule has 1 saturated carbocycles. The Bertz CT molecular complexity index is 1290. The zero-order valence-electron chi connectivity index (χ0n) is 18.1. The van der Waals surface area contributed by atoms with E-state index in [0.717, 1.165) is 29.1 Å². The van der Waals surface area contributed by atoms with Crippen molar-refractivity contribution in [1.82, 2.24) is 19.3 Å². The minimum atomic E-state index is -3.87. The summed E-state index contributed by atoms with van der Waals surface area (Å²) in [6.45, 7) is 1.91. The van der Waals surface area contributed by atoms with Crippen LogP contribution < -0.4 is 0 Å². The van der Waals surface area contributed by atoms with Crippen LogP contribution in [0.15, 0.2) is 59.9 Å². The number of halogens is 1. The first-order chi connectivity index (χ1) is 15.8. The third kappa shape index (κ3) is 4.06. The van der Waals surface area contributed by atoms with Gasteiger partial charge in [0.05, 0.1) is 16.6 Å². The Labute approximate surface area is 191 Å². The fourth-order valence-electron chi connectivity index (χ4n) is 4.72. The second-order valence-electron chi connectivity index (χ2n) is 8.67. The molecule has 7 nitrogen and oxygen atoms in total. The summed E-state index contributed by atoms with van der Waals surface area (Å²) >= 11 is 0. The summed E-state index contributed by atoms with van der Waals surface area (Å²) in [6.07, 6.45) is 5.17. The molecule has 2 aromatic heterocycles. The van der Waals surface area contributed by atoms with Crippen LogP contribution in [0.4, 0.5) is 4.39 Å². The first-order valence-corrected chi connectivity index (χ1v) is 12.3. The SMILES string of the molecule is Cc1ccc(-c2cc(CCC(=O)[C@@H]3C4CC(C4)N3S(=O)(=O)c3ccc(F)cc3)ncn2)cn1. The van der Waals surface area contributed by atoms with Crippen LogP contribution in [-0.4, -0.2) is 45.5 Å². The van der Waals surface area contributed by atoms with Crippen molar-refractivity contribution in [2.75, 3.05) is 0 Å². The van der Waals surface area contributed by atoms with Crippen LogP contribution in [0, 0.1) is 18.7 Å². The number of aryl methyl sites for hydroxylation is 2. The average molecular weight is 467 g/mol. The molecule has 3 aliphatic rings. The minimum Gasteiger partial charge on any atom is -0.298 e. The lowest BCUT2D eigenvalue weighted by molar-refractivity contribution is -0.122. The third-order valence-corrected chi connectivity index (χ3v) is 8.46. The molecule has 1 aliphatic carbocycles. The van der Waals surface area contributed by atoms with Gasteiger partial charge >= 0.3 is 0 Å². The van der Waals surface area contributed by atoms with Gasteiger partial charge in [0.15, 0.2) is 5.78 Å². The van der Waals surface area contributed by atoms with E-state index < -0.39 is 21.9 Å². The molecule has 3 fully saturated rings. The van der Waals surface area contributed by atoms with Crippen molar-refractivity contribution in [3.8, 4) is 11.3 Å². The summed E-state index contributed by atoms with van der Waals surface area (Å²) in [6, 6.07) is 9.59. The molecule has 2 bridgehead atoms. The van der Waals surface area contributed by atoms with Gasteiger partial charge in [0.2, 0.25) is 10.0 Å². The van der Waals surface area contributed by atoms with Gasteiger partial charge in [-0.15, -0.1) is 0 Å². The van der Waals surface area contributed by atoms with Crippen LogP contribution in [0.3, 0.4) is 0 Å². The molecule has 2 aliphatic heterocycles. The van der Waals surface area contributed by atoms with Crippen molar-refractivity contribution in [1.29, 1.82) is 0 Å². The molecule has 0 radical (unpaired) electrons. The highest BCUT2D eigenvalue weighted by atomic mass is 32.2. The van der Waals surface area contributed by atoms with E-state index in [2.05, 4.69) is 15.0 Å². The van der Waals surface area contributed by atoms with E-state index in [4.69, 9.17) is 0 Å². The number of Topliss-reactive ketones (excluding diaryl/α,β-unsaturated/α-hetero) is 1. The maximum Gasteiger partial charge on any atom is 0.243 e. The Hall–Kier alpha value is -3.04. The molecule has 9 heteroatoms. The second-order valence-corrected chi connectivity index (χ2v) is 10.5. The number of ketones is 1. The maximum absolute atomic E-state index is 13.3. The van der Waals surface area contributed by atoms with Crippen molar-refractivity contribution in [3.63, 3.8) is 0 Å². The average Bonchev–Trinajstić information content (AvgIpc) is 3.36. The molecule has 0 amide bonds. The first kappa shape index (κ1) is 21.8. The van der Waals surface area contributed by atoms with Gasteiger partial charge in [-0.1, -0.05) is 0 Å². The third-order valence-electron chi connectivity index (χ3n) is 6.51. The number of fused-ring (bicyclic) bond motifs is 1. The van der Waals surface area contributed by atoms with Crippen molar-refractivity contribution >= 4 is 15.8 Å². The largest absolute Gasteiger partial charge is 0.298 e. The van der Waals surface area contributed by atoms with E-state index in [1.807, 2.05) is 25.1 Å². The fourth-order valence-corrected chi connectivity index (χ4v) is 6.60. The number of sulfonamides is 1. The summed E-state index contributed by atoms with van der Waals surface area (Å²) in [7, 11) is -3.87. The molecule has 1 atom stereocenters. The predicted molar refractivity (Wildman–Crippen MR) is 119 cm³/mol. The van der Waals surface area contributed by atoms with Gasteiger partial charge in [-0.25, -0.2) is 22.8 Å². The van der Waals surface area contributed by atoms with E-state index in [0.29, 0.717) is 25.0 Å². The van der Waals surface area contributed by atoms with E-state index >= 15 is 0 Å². The smallest absolute Gasteiger partial charge is 0.243 e. The lowest BCUT2D eigenvalue weighted by Crippen LogP contribution is -2.41. The van der Waals surface area contributed by atoms with Gasteiger partial charge in [0, 0.05) is 35.6 Å². The van der Waals surface area contributed by atoms with Gasteiger partial charge in [0.1, 0.15) is 12.1 Å². The number of carbonyl (C=O) groups excluding carboxylic acids is 1. The Kier molecular flexibility index (Phi) is 5.54. The second kappa shape index (κ2) is 8.39. The van der Waals surface area contributed by atoms with Gasteiger partial charge in [-0.05, 0) is 74.6 Å². The van der Waals surface area contributed by atoms with Crippen LogP contribution in [0.5, 0.6) is 0 Å². The van der Waals surface area contributed by atoms with E-state index in [1.54, 1.807) is 6.20 Å². The Morgan fingerprint density at radius 1 is 1.09 bits per heavy atom. The zero-order valence-corrected chi connectivity index (χ0v) is 18.9. The molecule has 33 heavy (non-hydrogen) atoms. The molecule has 0 spiro atoms. The molecule has 170 valence electrons. The Morgan fingerprint density at radius 3 is 2.55 bits per heavy atom. The number of rotatable bonds is 7. The molecule has 6 rings (SSSR count). The highest BCUT2D eigenvalue weighted by Crippen LogP contribution is 2.49. The molecular formula is C24H23FN4O3S. The lowest BCUT2D eigenvalue weighted by Gasteiger charge is -2.25. The quantitative estimate of drug-likeness (QED) is 0.530. The zero-order chi connectivity index (χ0) is 23.2. The van der Waals surface area contributed by atoms with Gasteiger partial charge < -0.3 is 0 Å². The van der Waals surface area contributed by atoms with Crippen LogP contribution in [0.1, 0.15) is 30.7 Å². The Balaban J connectivity index is 1.31. The summed E-state index contributed by atoms with van der Waals surface area (Å²) in [4.78, 5) is 26.1. The Morgan fingerprint density at radius 2 is 1.85 bits per heavy atom. The molecule has 3 aromatic rings. The van der Waals surface area contributed by atoms with E-state index in [9.17, 15) is 17.6 Å². The highest BCUT2D eigenvalue weighted by Gasteiger charge is 2.57. The number of hydrogen-bond donors (Lipinski definition) is 0. The predicted octanol–water partition coefficient (Wildman–Crippen LogP) is 3.34. The first-order valence-electron chi connectivity index (χ1n) is 10.9. The summed E-state index contributed by atoms with van der Waals surface area (Å²) in [5, 5.41) is 0. The standard InChI is InChI=1S/C24H23FN4O3S/c1-15-2-3-16(13-26-15)22-12-19(27-14-28-22)6-9-23(30)24-17-10-20(11-17)29(24)33(31,32)21-7-4-18(25)5-8-21/h2-5,7-8,12-14,17,20,24H,6,9-11H2,1H3/t17?,20?,24-/m0/s1. The highest BCUT2D eigenvalue weighted by molar-refractivity contribution is 7.89. The van der Waals surface area contributed by atoms with Crippen LogP contribution in [-0.2, 0) is 21.2 Å². The summed E-state index contributed by atoms with van der Waals surface area (Å²) in [5.74, 6) is -0.571. The van der Waals surface area contributed by atoms with Crippen LogP contribution >= 0.6 is 0 Å². The number of nitrogens with zero attached hydrogens (tertiary/aromatic N) is 4.